The SMILES string of the molecule is Cc1ccc2occ(/C=C3/S/C(=N\N=C\c4c(Cl)cccc4Cl)NC3=O)c(=O)c2c1. The monoisotopic (exact) mass is 457 g/mol. The molecule has 150 valence electrons. The Labute approximate surface area is 185 Å². The average Bonchev–Trinajstić information content (AvgIpc) is 3.06. The Morgan fingerprint density at radius 1 is 1.13 bits per heavy atom. The Hall–Kier alpha value is -2.87. The van der Waals surface area contributed by atoms with Gasteiger partial charge in [0.05, 0.1) is 32.1 Å². The van der Waals surface area contributed by atoms with Gasteiger partial charge < -0.3 is 4.42 Å². The predicted octanol–water partition coefficient (Wildman–Crippen LogP) is 5.00. The van der Waals surface area contributed by atoms with Crippen LogP contribution in [0, 0.1) is 6.92 Å². The van der Waals surface area contributed by atoms with Crippen LogP contribution in [0.3, 0.4) is 0 Å². The number of amides is 1. The fourth-order valence-corrected chi connectivity index (χ4v) is 4.01. The maximum atomic E-state index is 12.7. The van der Waals surface area contributed by atoms with Gasteiger partial charge in [0.1, 0.15) is 11.8 Å². The number of carbonyl (C=O) groups excluding carboxylic acids is 1. The van der Waals surface area contributed by atoms with Gasteiger partial charge in [-0.25, -0.2) is 0 Å². The Balaban J connectivity index is 1.59. The van der Waals surface area contributed by atoms with Crippen molar-refractivity contribution >= 4 is 69.3 Å². The number of rotatable bonds is 3. The first kappa shape index (κ1) is 20.4. The molecule has 1 fully saturated rings. The summed E-state index contributed by atoms with van der Waals surface area (Å²) < 4.78 is 5.52. The standard InChI is InChI=1S/C21H13Cl2N3O3S/c1-11-5-6-17-13(7-11)19(27)12(10-29-17)8-18-20(28)25-21(30-18)26-24-9-14-15(22)3-2-4-16(14)23/h2-10H,1H3,(H,25,26,28)/b18-8+,24-9+. The molecular formula is C21H13Cl2N3O3S. The molecule has 4 rings (SSSR count). The van der Waals surface area contributed by atoms with E-state index >= 15 is 0 Å². The number of carbonyl (C=O) groups is 1. The molecule has 2 aromatic carbocycles. The first-order valence-electron chi connectivity index (χ1n) is 8.70. The zero-order chi connectivity index (χ0) is 21.3. The summed E-state index contributed by atoms with van der Waals surface area (Å²) in [5, 5.41) is 12.1. The minimum absolute atomic E-state index is 0.211. The van der Waals surface area contributed by atoms with Crippen molar-refractivity contribution < 1.29 is 9.21 Å². The van der Waals surface area contributed by atoms with Crippen LogP contribution in [0.25, 0.3) is 17.0 Å². The lowest BCUT2D eigenvalue weighted by Gasteiger charge is -2.00. The van der Waals surface area contributed by atoms with Crippen LogP contribution in [0.5, 0.6) is 0 Å². The van der Waals surface area contributed by atoms with Crippen molar-refractivity contribution in [2.45, 2.75) is 6.92 Å². The van der Waals surface area contributed by atoms with E-state index in [1.807, 2.05) is 13.0 Å². The number of benzene rings is 2. The zero-order valence-electron chi connectivity index (χ0n) is 15.5. The molecule has 0 spiro atoms. The maximum absolute atomic E-state index is 12.7. The molecule has 30 heavy (non-hydrogen) atoms. The molecule has 1 amide bonds. The highest BCUT2D eigenvalue weighted by atomic mass is 35.5. The van der Waals surface area contributed by atoms with Gasteiger partial charge in [0.15, 0.2) is 10.6 Å². The van der Waals surface area contributed by atoms with Crippen LogP contribution >= 0.6 is 35.0 Å². The zero-order valence-corrected chi connectivity index (χ0v) is 17.8. The summed E-state index contributed by atoms with van der Waals surface area (Å²) in [4.78, 5) is 25.3. The molecule has 1 N–H and O–H groups in total. The van der Waals surface area contributed by atoms with Crippen molar-refractivity contribution in [1.82, 2.24) is 5.32 Å². The molecule has 1 saturated heterocycles. The molecule has 0 radical (unpaired) electrons. The van der Waals surface area contributed by atoms with Crippen LogP contribution in [0.4, 0.5) is 0 Å². The summed E-state index contributed by atoms with van der Waals surface area (Å²) >= 11 is 13.2. The second-order valence-electron chi connectivity index (χ2n) is 6.37. The molecule has 1 aromatic heterocycles. The maximum Gasteiger partial charge on any atom is 0.264 e. The third kappa shape index (κ3) is 4.18. The van der Waals surface area contributed by atoms with E-state index in [-0.39, 0.29) is 22.1 Å². The number of amidine groups is 1. The van der Waals surface area contributed by atoms with Crippen molar-refractivity contribution in [3.63, 3.8) is 0 Å². The molecule has 0 unspecified atom stereocenters. The van der Waals surface area contributed by atoms with E-state index in [9.17, 15) is 9.59 Å². The highest BCUT2D eigenvalue weighted by Crippen LogP contribution is 2.26. The second kappa shape index (κ2) is 8.47. The summed E-state index contributed by atoms with van der Waals surface area (Å²) in [5.41, 5.74) is 2.03. The van der Waals surface area contributed by atoms with Crippen LogP contribution < -0.4 is 10.7 Å². The van der Waals surface area contributed by atoms with Crippen molar-refractivity contribution in [3.8, 4) is 0 Å². The number of halogens is 2. The van der Waals surface area contributed by atoms with Crippen molar-refractivity contribution in [1.29, 1.82) is 0 Å². The number of fused-ring (bicyclic) bond motifs is 1. The third-order valence-electron chi connectivity index (χ3n) is 4.23. The smallest absolute Gasteiger partial charge is 0.264 e. The van der Waals surface area contributed by atoms with Gasteiger partial charge in [-0.1, -0.05) is 40.9 Å². The summed E-state index contributed by atoms with van der Waals surface area (Å²) in [7, 11) is 0. The van der Waals surface area contributed by atoms with E-state index in [1.54, 1.807) is 30.3 Å². The Bertz CT molecular complexity index is 1310. The van der Waals surface area contributed by atoms with E-state index in [0.29, 0.717) is 31.5 Å². The summed E-state index contributed by atoms with van der Waals surface area (Å²) in [6.07, 6.45) is 4.23. The Morgan fingerprint density at radius 3 is 2.67 bits per heavy atom. The lowest BCUT2D eigenvalue weighted by molar-refractivity contribution is -0.115. The topological polar surface area (TPSA) is 84.0 Å². The largest absolute Gasteiger partial charge is 0.463 e. The van der Waals surface area contributed by atoms with E-state index in [1.165, 1.54) is 18.6 Å². The van der Waals surface area contributed by atoms with Crippen molar-refractivity contribution in [3.05, 3.63) is 84.5 Å². The molecule has 6 nitrogen and oxygen atoms in total. The first-order chi connectivity index (χ1) is 14.4. The van der Waals surface area contributed by atoms with Crippen molar-refractivity contribution in [2.75, 3.05) is 0 Å². The number of hydrogen-bond acceptors (Lipinski definition) is 6. The molecule has 3 aromatic rings. The lowest BCUT2D eigenvalue weighted by atomic mass is 10.1. The number of aryl methyl sites for hydroxylation is 1. The van der Waals surface area contributed by atoms with E-state index < -0.39 is 0 Å². The summed E-state index contributed by atoms with van der Waals surface area (Å²) in [6, 6.07) is 10.5. The quantitative estimate of drug-likeness (QED) is 0.340. The molecule has 0 aliphatic carbocycles. The minimum Gasteiger partial charge on any atom is -0.463 e. The molecule has 1 aliphatic heterocycles. The highest BCUT2D eigenvalue weighted by molar-refractivity contribution is 8.18. The van der Waals surface area contributed by atoms with E-state index in [2.05, 4.69) is 15.5 Å². The number of nitrogens with one attached hydrogen (secondary N) is 1. The van der Waals surface area contributed by atoms with Gasteiger partial charge >= 0.3 is 0 Å². The van der Waals surface area contributed by atoms with Gasteiger partial charge in [-0.15, -0.1) is 5.10 Å². The Morgan fingerprint density at radius 2 is 1.90 bits per heavy atom. The predicted molar refractivity (Wildman–Crippen MR) is 122 cm³/mol. The van der Waals surface area contributed by atoms with Gasteiger partial charge in [0.25, 0.3) is 5.91 Å². The van der Waals surface area contributed by atoms with Gasteiger partial charge in [0, 0.05) is 5.56 Å². The summed E-state index contributed by atoms with van der Waals surface area (Å²) in [5.74, 6) is -0.381. The van der Waals surface area contributed by atoms with Gasteiger partial charge in [-0.05, 0) is 49.0 Å². The summed E-state index contributed by atoms with van der Waals surface area (Å²) in [6.45, 7) is 1.89. The van der Waals surface area contributed by atoms with Gasteiger partial charge in [0.2, 0.25) is 0 Å². The van der Waals surface area contributed by atoms with Crippen LogP contribution in [0.1, 0.15) is 16.7 Å². The minimum atomic E-state index is -0.381. The van der Waals surface area contributed by atoms with Crippen LogP contribution in [-0.2, 0) is 4.79 Å². The highest BCUT2D eigenvalue weighted by Gasteiger charge is 2.24. The number of nitrogens with zero attached hydrogens (tertiary/aromatic N) is 2. The van der Waals surface area contributed by atoms with Gasteiger partial charge in [-0.3, -0.25) is 14.9 Å². The number of thioether (sulfide) groups is 1. The fourth-order valence-electron chi connectivity index (χ4n) is 2.75. The normalized spacial score (nSPS) is 16.8. The molecule has 0 atom stereocenters. The van der Waals surface area contributed by atoms with Crippen LogP contribution in [0.15, 0.2) is 67.0 Å². The Kier molecular flexibility index (Phi) is 5.76. The molecular weight excluding hydrogens is 445 g/mol. The van der Waals surface area contributed by atoms with E-state index in [0.717, 1.165) is 17.3 Å². The second-order valence-corrected chi connectivity index (χ2v) is 8.21. The van der Waals surface area contributed by atoms with Crippen molar-refractivity contribution in [2.24, 2.45) is 10.2 Å². The average molecular weight is 458 g/mol. The van der Waals surface area contributed by atoms with E-state index in [4.69, 9.17) is 27.6 Å². The number of hydrogen-bond donors (Lipinski definition) is 1. The molecule has 2 heterocycles. The third-order valence-corrected chi connectivity index (χ3v) is 5.79. The molecule has 0 saturated carbocycles. The lowest BCUT2D eigenvalue weighted by Crippen LogP contribution is -2.19. The first-order valence-corrected chi connectivity index (χ1v) is 10.3. The molecule has 9 heteroatoms. The van der Waals surface area contributed by atoms with Gasteiger partial charge in [-0.2, -0.15) is 5.10 Å². The molecule has 1 aliphatic rings. The molecule has 0 bridgehead atoms. The van der Waals surface area contributed by atoms with Crippen LogP contribution in [-0.4, -0.2) is 17.3 Å². The van der Waals surface area contributed by atoms with Crippen LogP contribution in [0.2, 0.25) is 10.0 Å². The fraction of sp³-hybridized carbons (Fsp3) is 0.0476.